The van der Waals surface area contributed by atoms with E-state index >= 15 is 0 Å². The minimum absolute atomic E-state index is 0.0297. The molecule has 2 fully saturated rings. The maximum Gasteiger partial charge on any atom is 0.291 e. The zero-order valence-corrected chi connectivity index (χ0v) is 24.8. The highest BCUT2D eigenvalue weighted by Gasteiger charge is 2.47. The third kappa shape index (κ3) is 5.42. The number of nitrogens with one attached hydrogen (secondary N) is 1. The van der Waals surface area contributed by atoms with Gasteiger partial charge >= 0.3 is 0 Å². The number of carbonyl (C=O) groups is 1. The zero-order chi connectivity index (χ0) is 30.4. The molecule has 1 aromatic carbocycles. The number of benzene rings is 1. The Balaban J connectivity index is 1.68. The van der Waals surface area contributed by atoms with Crippen LogP contribution in [0, 0.1) is 28.6 Å². The van der Waals surface area contributed by atoms with Crippen molar-refractivity contribution < 1.29 is 22.0 Å². The molecule has 0 spiro atoms. The Kier molecular flexibility index (Phi) is 7.91. The molecule has 16 heteroatoms. The summed E-state index contributed by atoms with van der Waals surface area (Å²) in [7, 11) is -4.21. The number of hydrogen-bond acceptors (Lipinski definition) is 10. The lowest BCUT2D eigenvalue weighted by molar-refractivity contribution is -0.141. The molecule has 1 aliphatic carbocycles. The molecule has 1 aliphatic heterocycles. The number of nitrogens with zero attached hydrogens (tertiary/aromatic N) is 8. The third-order valence-electron chi connectivity index (χ3n) is 7.53. The monoisotopic (exact) mass is 617 g/mol. The summed E-state index contributed by atoms with van der Waals surface area (Å²) < 4.78 is 57.8. The van der Waals surface area contributed by atoms with E-state index in [1.807, 2.05) is 42.7 Å². The Morgan fingerprint density at radius 3 is 2.55 bits per heavy atom. The van der Waals surface area contributed by atoms with E-state index in [0.717, 1.165) is 6.42 Å². The van der Waals surface area contributed by atoms with Crippen molar-refractivity contribution in [2.45, 2.75) is 69.5 Å². The molecule has 2 aliphatic rings. The Labute approximate surface area is 245 Å². The highest BCUT2D eigenvalue weighted by molar-refractivity contribution is 7.89. The fourth-order valence-electron chi connectivity index (χ4n) is 5.01. The highest BCUT2D eigenvalue weighted by Crippen LogP contribution is 2.41. The number of carbonyl (C=O) groups excluding carboxylic acids is 1. The van der Waals surface area contributed by atoms with Crippen LogP contribution in [0.4, 0.5) is 14.5 Å². The first kappa shape index (κ1) is 29.8. The summed E-state index contributed by atoms with van der Waals surface area (Å²) in [5.74, 6) is -0.143. The van der Waals surface area contributed by atoms with Crippen LogP contribution in [-0.2, 0) is 21.4 Å². The number of fused-ring (bicyclic) bond motifs is 1. The van der Waals surface area contributed by atoms with Gasteiger partial charge in [0, 0.05) is 30.9 Å². The van der Waals surface area contributed by atoms with Gasteiger partial charge in [0.2, 0.25) is 15.9 Å². The molecule has 0 radical (unpaired) electrons. The molecule has 1 atom stereocenters. The first-order valence-electron chi connectivity index (χ1n) is 13.5. The number of alkyl halides is 2. The first-order valence-corrected chi connectivity index (χ1v) is 15.8. The Morgan fingerprint density at radius 2 is 2.02 bits per heavy atom. The largest absolute Gasteiger partial charge is 0.368 e. The number of likely N-dealkylation sites (tertiary alicyclic amines) is 1. The summed E-state index contributed by atoms with van der Waals surface area (Å²) in [6, 6.07) is 6.80. The van der Waals surface area contributed by atoms with Crippen LogP contribution >= 0.6 is 11.3 Å². The molecule has 5 rings (SSSR count). The average Bonchev–Trinajstić information content (AvgIpc) is 3.35. The smallest absolute Gasteiger partial charge is 0.291 e. The van der Waals surface area contributed by atoms with Crippen molar-refractivity contribution in [1.29, 1.82) is 10.5 Å². The van der Waals surface area contributed by atoms with E-state index in [1.165, 1.54) is 16.8 Å². The van der Waals surface area contributed by atoms with E-state index < -0.39 is 27.0 Å². The Morgan fingerprint density at radius 1 is 1.29 bits per heavy atom. The number of rotatable bonds is 11. The van der Waals surface area contributed by atoms with Crippen LogP contribution in [0.15, 0.2) is 17.0 Å². The molecule has 42 heavy (non-hydrogen) atoms. The summed E-state index contributed by atoms with van der Waals surface area (Å²) in [5.41, 5.74) is -0.209. The van der Waals surface area contributed by atoms with Crippen LogP contribution in [0.3, 0.4) is 0 Å². The van der Waals surface area contributed by atoms with Crippen LogP contribution in [0.1, 0.15) is 51.5 Å². The van der Waals surface area contributed by atoms with Crippen LogP contribution in [-0.4, -0.2) is 70.4 Å². The van der Waals surface area contributed by atoms with Crippen LogP contribution < -0.4 is 9.62 Å². The normalized spacial score (nSPS) is 17.7. The van der Waals surface area contributed by atoms with E-state index in [1.54, 1.807) is 0 Å². The first-order chi connectivity index (χ1) is 19.9. The Bertz CT molecular complexity index is 1720. The molecule has 12 nitrogen and oxygen atoms in total. The molecule has 3 heterocycles. The third-order valence-corrected chi connectivity index (χ3v) is 9.98. The molecule has 3 aromatic rings. The lowest BCUT2D eigenvalue weighted by Crippen LogP contribution is -2.57. The van der Waals surface area contributed by atoms with Gasteiger partial charge in [-0.3, -0.25) is 4.79 Å². The number of halogens is 2. The van der Waals surface area contributed by atoms with Crippen molar-refractivity contribution in [2.75, 3.05) is 24.5 Å². The second-order valence-electron chi connectivity index (χ2n) is 10.7. The van der Waals surface area contributed by atoms with Crippen molar-refractivity contribution in [3.05, 3.63) is 17.1 Å². The van der Waals surface area contributed by atoms with Crippen LogP contribution in [0.2, 0.25) is 0 Å². The van der Waals surface area contributed by atoms with Crippen molar-refractivity contribution in [1.82, 2.24) is 29.6 Å². The van der Waals surface area contributed by atoms with Crippen molar-refractivity contribution >= 4 is 43.9 Å². The van der Waals surface area contributed by atoms with Gasteiger partial charge in [-0.2, -0.15) is 20.3 Å². The summed E-state index contributed by atoms with van der Waals surface area (Å²) in [6.07, 6.45) is -1.32. The van der Waals surface area contributed by atoms with Gasteiger partial charge in [-0.05, 0) is 38.3 Å². The van der Waals surface area contributed by atoms with E-state index in [0.29, 0.717) is 55.0 Å². The Hall–Kier alpha value is -3.73. The zero-order valence-electron chi connectivity index (χ0n) is 23.2. The number of aromatic nitrogens is 4. The van der Waals surface area contributed by atoms with Gasteiger partial charge in [0.25, 0.3) is 6.43 Å². The summed E-state index contributed by atoms with van der Waals surface area (Å²) in [4.78, 5) is 16.3. The second kappa shape index (κ2) is 11.2. The number of sulfonamides is 1. The molecule has 1 unspecified atom stereocenters. The number of anilines is 1. The number of nitriles is 2. The van der Waals surface area contributed by atoms with E-state index in [4.69, 9.17) is 0 Å². The SMILES string of the molecule is CCN(CC1CCN1C(=O)C(C)C)c1cc(S(=O)(=O)NC2(C#N)CC2)cc2c(-c3nnc(C(F)F)s3)nn(CC#N)c12. The van der Waals surface area contributed by atoms with Crippen LogP contribution in [0.25, 0.3) is 21.6 Å². The average molecular weight is 618 g/mol. The molecular weight excluding hydrogens is 588 g/mol. The number of likely N-dealkylation sites (N-methyl/N-ethyl adjacent to an activating group) is 1. The minimum Gasteiger partial charge on any atom is -0.368 e. The lowest BCUT2D eigenvalue weighted by Gasteiger charge is -2.44. The van der Waals surface area contributed by atoms with Gasteiger partial charge in [0.15, 0.2) is 10.0 Å². The predicted octanol–water partition coefficient (Wildman–Crippen LogP) is 3.43. The van der Waals surface area contributed by atoms with E-state index in [2.05, 4.69) is 20.0 Å². The number of hydrogen-bond donors (Lipinski definition) is 1. The summed E-state index contributed by atoms with van der Waals surface area (Å²) >= 11 is 0.630. The molecule has 0 bridgehead atoms. The highest BCUT2D eigenvalue weighted by atomic mass is 32.2. The van der Waals surface area contributed by atoms with Crippen molar-refractivity contribution in [3.63, 3.8) is 0 Å². The molecule has 1 amide bonds. The molecule has 222 valence electrons. The fourth-order valence-corrected chi connectivity index (χ4v) is 7.13. The van der Waals surface area contributed by atoms with Gasteiger partial charge in [0.05, 0.1) is 34.3 Å². The maximum atomic E-state index is 13.6. The van der Waals surface area contributed by atoms with Crippen molar-refractivity contribution in [2.24, 2.45) is 5.92 Å². The number of amides is 1. The van der Waals surface area contributed by atoms with Gasteiger partial charge in [-0.1, -0.05) is 25.2 Å². The van der Waals surface area contributed by atoms with Gasteiger partial charge in [-0.25, -0.2) is 21.9 Å². The lowest BCUT2D eigenvalue weighted by atomic mass is 9.99. The van der Waals surface area contributed by atoms with Gasteiger partial charge in [0.1, 0.15) is 17.8 Å². The second-order valence-corrected chi connectivity index (χ2v) is 13.4. The molecular formula is C26H29F2N9O3S2. The van der Waals surface area contributed by atoms with E-state index in [9.17, 15) is 32.5 Å². The van der Waals surface area contributed by atoms with Gasteiger partial charge in [-0.15, -0.1) is 10.2 Å². The van der Waals surface area contributed by atoms with Crippen molar-refractivity contribution in [3.8, 4) is 22.8 Å². The molecule has 1 saturated carbocycles. The maximum absolute atomic E-state index is 13.6. The minimum atomic E-state index is -4.21. The topological polar surface area (TPSA) is 161 Å². The quantitative estimate of drug-likeness (QED) is 0.340. The summed E-state index contributed by atoms with van der Waals surface area (Å²) in [6.45, 7) is 6.80. The standard InChI is InChI=1S/C26H29F2N9O3S2/c1-4-35(13-16-5-9-36(16)25(38)15(2)3)19-12-17(42(39,40)34-26(14-30)6-7-26)11-18-20(33-37(10-8-29)21(18)19)23-31-32-24(41-23)22(27)28/h11-12,15-16,22,34H,4-7,9-10,13H2,1-3H3. The molecule has 2 aromatic heterocycles. The van der Waals surface area contributed by atoms with E-state index in [-0.39, 0.29) is 45.4 Å². The fraction of sp³-hybridized carbons (Fsp3) is 0.538. The van der Waals surface area contributed by atoms with Gasteiger partial charge < -0.3 is 9.80 Å². The molecule has 1 saturated heterocycles. The predicted molar refractivity (Wildman–Crippen MR) is 150 cm³/mol. The van der Waals surface area contributed by atoms with Crippen LogP contribution in [0.5, 0.6) is 0 Å². The molecule has 1 N–H and O–H groups in total. The summed E-state index contributed by atoms with van der Waals surface area (Å²) in [5, 5.41) is 30.9.